The van der Waals surface area contributed by atoms with Crippen molar-refractivity contribution in [3.63, 3.8) is 0 Å². The number of fused-ring (bicyclic) bond motifs is 1. The molecule has 0 amide bonds. The van der Waals surface area contributed by atoms with Gasteiger partial charge in [-0.3, -0.25) is 0 Å². The van der Waals surface area contributed by atoms with E-state index in [1.165, 1.54) is 6.07 Å². The van der Waals surface area contributed by atoms with Crippen LogP contribution in [0.25, 0.3) is 10.2 Å². The van der Waals surface area contributed by atoms with E-state index in [2.05, 4.69) is 20.9 Å². The average molecular weight is 352 g/mol. The summed E-state index contributed by atoms with van der Waals surface area (Å²) in [5.41, 5.74) is 1.62. The van der Waals surface area contributed by atoms with E-state index in [0.717, 1.165) is 15.2 Å². The quantitative estimate of drug-likeness (QED) is 0.754. The third kappa shape index (κ3) is 2.75. The van der Waals surface area contributed by atoms with Gasteiger partial charge in [0.1, 0.15) is 5.82 Å². The second-order valence-corrected chi connectivity index (χ2v) is 6.44. The first-order chi connectivity index (χ1) is 9.63. The van der Waals surface area contributed by atoms with Crippen molar-refractivity contribution < 1.29 is 9.50 Å². The van der Waals surface area contributed by atoms with Crippen LogP contribution in [0.3, 0.4) is 0 Å². The van der Waals surface area contributed by atoms with E-state index in [4.69, 9.17) is 0 Å². The fourth-order valence-electron chi connectivity index (χ4n) is 2.01. The first-order valence-electron chi connectivity index (χ1n) is 6.11. The number of thiazole rings is 1. The molecule has 0 aliphatic carbocycles. The molecule has 0 bridgehead atoms. The molecule has 0 aliphatic rings. The average Bonchev–Trinajstić information content (AvgIpc) is 2.83. The molecular weight excluding hydrogens is 341 g/mol. The van der Waals surface area contributed by atoms with Gasteiger partial charge in [0, 0.05) is 6.42 Å². The standard InChI is InChI=1S/C15H11BrFNOS/c16-10-7-9(5-6-11(10)17)13(19)8-15-18-12-3-1-2-4-14(12)20-15/h1-7,13,19H,8H2. The van der Waals surface area contributed by atoms with Gasteiger partial charge in [0.05, 0.1) is 25.8 Å². The summed E-state index contributed by atoms with van der Waals surface area (Å²) in [4.78, 5) is 4.49. The SMILES string of the molecule is OC(Cc1nc2ccccc2s1)c1ccc(F)c(Br)c1. The number of hydrogen-bond acceptors (Lipinski definition) is 3. The van der Waals surface area contributed by atoms with E-state index in [1.807, 2.05) is 24.3 Å². The Kier molecular flexibility index (Phi) is 3.83. The van der Waals surface area contributed by atoms with Crippen LogP contribution >= 0.6 is 27.3 Å². The Balaban J connectivity index is 1.84. The molecule has 0 fully saturated rings. The molecule has 1 atom stereocenters. The van der Waals surface area contributed by atoms with Gasteiger partial charge in [-0.15, -0.1) is 11.3 Å². The molecule has 0 radical (unpaired) electrons. The van der Waals surface area contributed by atoms with Crippen LogP contribution in [0.2, 0.25) is 0 Å². The number of aliphatic hydroxyl groups excluding tert-OH is 1. The summed E-state index contributed by atoms with van der Waals surface area (Å²) in [5, 5.41) is 11.1. The van der Waals surface area contributed by atoms with Crippen LogP contribution in [0.1, 0.15) is 16.7 Å². The second-order valence-electron chi connectivity index (χ2n) is 4.47. The van der Waals surface area contributed by atoms with Crippen molar-refractivity contribution in [3.05, 3.63) is 63.3 Å². The Hall–Kier alpha value is -1.30. The summed E-state index contributed by atoms with van der Waals surface area (Å²) in [6.07, 6.45) is -0.260. The van der Waals surface area contributed by atoms with Crippen LogP contribution in [-0.4, -0.2) is 10.1 Å². The van der Waals surface area contributed by atoms with E-state index in [-0.39, 0.29) is 5.82 Å². The fourth-order valence-corrected chi connectivity index (χ4v) is 3.41. The van der Waals surface area contributed by atoms with Crippen LogP contribution in [0.15, 0.2) is 46.9 Å². The zero-order valence-corrected chi connectivity index (χ0v) is 12.8. The molecule has 0 saturated carbocycles. The minimum absolute atomic E-state index is 0.332. The zero-order valence-electron chi connectivity index (χ0n) is 10.4. The van der Waals surface area contributed by atoms with Crippen molar-refractivity contribution in [2.45, 2.75) is 12.5 Å². The third-order valence-corrected chi connectivity index (χ3v) is 4.70. The number of para-hydroxylation sites is 1. The largest absolute Gasteiger partial charge is 0.388 e. The lowest BCUT2D eigenvalue weighted by Crippen LogP contribution is -2.01. The van der Waals surface area contributed by atoms with Crippen LogP contribution < -0.4 is 0 Å². The smallest absolute Gasteiger partial charge is 0.137 e. The molecule has 3 aromatic rings. The van der Waals surface area contributed by atoms with Gasteiger partial charge in [-0.1, -0.05) is 18.2 Å². The molecule has 1 N–H and O–H groups in total. The van der Waals surface area contributed by atoms with Gasteiger partial charge < -0.3 is 5.11 Å². The molecule has 102 valence electrons. The predicted molar refractivity (Wildman–Crippen MR) is 82.4 cm³/mol. The Morgan fingerprint density at radius 1 is 1.25 bits per heavy atom. The fraction of sp³-hybridized carbons (Fsp3) is 0.133. The number of halogens is 2. The monoisotopic (exact) mass is 351 g/mol. The molecular formula is C15H11BrFNOS. The number of aliphatic hydroxyl groups is 1. The lowest BCUT2D eigenvalue weighted by atomic mass is 10.1. The molecule has 2 aromatic carbocycles. The Morgan fingerprint density at radius 2 is 2.05 bits per heavy atom. The summed E-state index contributed by atoms with van der Waals surface area (Å²) in [6, 6.07) is 12.4. The van der Waals surface area contributed by atoms with Gasteiger partial charge >= 0.3 is 0 Å². The molecule has 0 spiro atoms. The molecule has 20 heavy (non-hydrogen) atoms. The number of nitrogens with zero attached hydrogens (tertiary/aromatic N) is 1. The van der Waals surface area contributed by atoms with Gasteiger partial charge in [-0.05, 0) is 45.8 Å². The van der Waals surface area contributed by atoms with Crippen LogP contribution in [-0.2, 0) is 6.42 Å². The molecule has 0 saturated heterocycles. The summed E-state index contributed by atoms with van der Waals surface area (Å²) < 4.78 is 14.7. The highest BCUT2D eigenvalue weighted by Crippen LogP contribution is 2.27. The molecule has 1 aromatic heterocycles. The van der Waals surface area contributed by atoms with E-state index in [1.54, 1.807) is 23.5 Å². The van der Waals surface area contributed by atoms with Gasteiger partial charge in [0.2, 0.25) is 0 Å². The molecule has 0 aliphatic heterocycles. The van der Waals surface area contributed by atoms with Gasteiger partial charge in [-0.2, -0.15) is 0 Å². The minimum atomic E-state index is -0.688. The summed E-state index contributed by atoms with van der Waals surface area (Å²) in [6.45, 7) is 0. The lowest BCUT2D eigenvalue weighted by molar-refractivity contribution is 0.178. The highest BCUT2D eigenvalue weighted by atomic mass is 79.9. The number of hydrogen-bond donors (Lipinski definition) is 1. The number of rotatable bonds is 3. The molecule has 1 heterocycles. The maximum absolute atomic E-state index is 13.2. The van der Waals surface area contributed by atoms with Crippen LogP contribution in [0.5, 0.6) is 0 Å². The first-order valence-corrected chi connectivity index (χ1v) is 7.72. The van der Waals surface area contributed by atoms with E-state index < -0.39 is 6.10 Å². The Bertz CT molecular complexity index is 725. The van der Waals surface area contributed by atoms with Crippen molar-refractivity contribution in [2.24, 2.45) is 0 Å². The topological polar surface area (TPSA) is 33.1 Å². The van der Waals surface area contributed by atoms with Crippen molar-refractivity contribution >= 4 is 37.5 Å². The Morgan fingerprint density at radius 3 is 2.80 bits per heavy atom. The molecule has 5 heteroatoms. The van der Waals surface area contributed by atoms with E-state index in [9.17, 15) is 9.50 Å². The zero-order chi connectivity index (χ0) is 14.1. The van der Waals surface area contributed by atoms with Crippen LogP contribution in [0, 0.1) is 5.82 Å². The minimum Gasteiger partial charge on any atom is -0.388 e. The Labute approximate surface area is 128 Å². The van der Waals surface area contributed by atoms with Crippen molar-refractivity contribution in [2.75, 3.05) is 0 Å². The number of aromatic nitrogens is 1. The van der Waals surface area contributed by atoms with Gasteiger partial charge in [0.15, 0.2) is 0 Å². The summed E-state index contributed by atoms with van der Waals surface area (Å²) in [5.74, 6) is -0.332. The lowest BCUT2D eigenvalue weighted by Gasteiger charge is -2.09. The molecule has 1 unspecified atom stereocenters. The highest BCUT2D eigenvalue weighted by molar-refractivity contribution is 9.10. The third-order valence-electron chi connectivity index (χ3n) is 3.03. The second kappa shape index (κ2) is 5.60. The van der Waals surface area contributed by atoms with Crippen LogP contribution in [0.4, 0.5) is 4.39 Å². The van der Waals surface area contributed by atoms with Crippen molar-refractivity contribution in [3.8, 4) is 0 Å². The predicted octanol–water partition coefficient (Wildman–Crippen LogP) is 4.47. The van der Waals surface area contributed by atoms with Gasteiger partial charge in [-0.25, -0.2) is 9.37 Å². The molecule has 3 rings (SSSR count). The maximum Gasteiger partial charge on any atom is 0.137 e. The van der Waals surface area contributed by atoms with Gasteiger partial charge in [0.25, 0.3) is 0 Å². The normalized spacial score (nSPS) is 12.8. The number of benzene rings is 2. The first kappa shape index (κ1) is 13.7. The summed E-state index contributed by atoms with van der Waals surface area (Å²) in [7, 11) is 0. The maximum atomic E-state index is 13.2. The van der Waals surface area contributed by atoms with E-state index in [0.29, 0.717) is 16.5 Å². The summed E-state index contributed by atoms with van der Waals surface area (Å²) >= 11 is 4.70. The molecule has 2 nitrogen and oxygen atoms in total. The highest BCUT2D eigenvalue weighted by Gasteiger charge is 2.13. The van der Waals surface area contributed by atoms with E-state index >= 15 is 0 Å². The van der Waals surface area contributed by atoms with Crippen molar-refractivity contribution in [1.29, 1.82) is 0 Å². The van der Waals surface area contributed by atoms with Crippen molar-refractivity contribution in [1.82, 2.24) is 4.98 Å².